The molecule has 0 aliphatic heterocycles. The van der Waals surface area contributed by atoms with Gasteiger partial charge in [0.2, 0.25) is 0 Å². The minimum Gasteiger partial charge on any atom is -0.488 e. The lowest BCUT2D eigenvalue weighted by Gasteiger charge is -2.41. The van der Waals surface area contributed by atoms with Crippen LogP contribution in [0.1, 0.15) is 32.8 Å². The van der Waals surface area contributed by atoms with Crippen molar-refractivity contribution in [3.05, 3.63) is 29.8 Å². The van der Waals surface area contributed by atoms with Gasteiger partial charge >= 0.3 is 0 Å². The van der Waals surface area contributed by atoms with E-state index in [4.69, 9.17) is 19.9 Å². The van der Waals surface area contributed by atoms with E-state index in [2.05, 4.69) is 32.9 Å². The van der Waals surface area contributed by atoms with E-state index in [0.29, 0.717) is 13.2 Å². The molecule has 3 unspecified atom stereocenters. The molecule has 1 aliphatic carbocycles. The lowest BCUT2D eigenvalue weighted by molar-refractivity contribution is -0.107. The van der Waals surface area contributed by atoms with Gasteiger partial charge in [-0.2, -0.15) is 0 Å². The predicted octanol–water partition coefficient (Wildman–Crippen LogP) is 2.49. The van der Waals surface area contributed by atoms with Gasteiger partial charge in [0, 0.05) is 19.6 Å². The van der Waals surface area contributed by atoms with Crippen LogP contribution in [0, 0.1) is 0 Å². The summed E-state index contributed by atoms with van der Waals surface area (Å²) in [4.78, 5) is 0. The molecule has 4 heteroatoms. The third kappa shape index (κ3) is 4.19. The summed E-state index contributed by atoms with van der Waals surface area (Å²) in [7, 11) is 1.66. The highest BCUT2D eigenvalue weighted by Gasteiger charge is 2.41. The van der Waals surface area contributed by atoms with Crippen LogP contribution >= 0.6 is 0 Å². The van der Waals surface area contributed by atoms with E-state index in [1.807, 2.05) is 12.1 Å². The molecule has 118 valence electrons. The Morgan fingerprint density at radius 2 is 2.00 bits per heavy atom. The molecule has 21 heavy (non-hydrogen) atoms. The SMILES string of the molecule is COCCOC1C(N)CC1Oc1cccc(C(C)(C)C)c1. The van der Waals surface area contributed by atoms with E-state index in [1.165, 1.54) is 5.56 Å². The fourth-order valence-electron chi connectivity index (χ4n) is 2.44. The molecule has 0 spiro atoms. The molecule has 1 aliphatic rings. The van der Waals surface area contributed by atoms with E-state index < -0.39 is 0 Å². The number of rotatable bonds is 6. The van der Waals surface area contributed by atoms with Crippen molar-refractivity contribution in [1.82, 2.24) is 0 Å². The van der Waals surface area contributed by atoms with E-state index in [9.17, 15) is 0 Å². The fourth-order valence-corrected chi connectivity index (χ4v) is 2.44. The molecule has 1 fully saturated rings. The van der Waals surface area contributed by atoms with E-state index in [-0.39, 0.29) is 23.7 Å². The molecule has 2 rings (SSSR count). The Hall–Kier alpha value is -1.10. The highest BCUT2D eigenvalue weighted by atomic mass is 16.6. The van der Waals surface area contributed by atoms with Crippen molar-refractivity contribution in [2.75, 3.05) is 20.3 Å². The van der Waals surface area contributed by atoms with Gasteiger partial charge in [0.05, 0.1) is 13.2 Å². The van der Waals surface area contributed by atoms with Crippen LogP contribution in [0.5, 0.6) is 5.75 Å². The van der Waals surface area contributed by atoms with Gasteiger partial charge in [-0.05, 0) is 23.1 Å². The van der Waals surface area contributed by atoms with Gasteiger partial charge in [0.1, 0.15) is 18.0 Å². The summed E-state index contributed by atoms with van der Waals surface area (Å²) < 4.78 is 16.8. The van der Waals surface area contributed by atoms with Crippen molar-refractivity contribution < 1.29 is 14.2 Å². The molecule has 1 saturated carbocycles. The van der Waals surface area contributed by atoms with Crippen LogP contribution in [0.15, 0.2) is 24.3 Å². The summed E-state index contributed by atoms with van der Waals surface area (Å²) in [6, 6.07) is 8.32. The van der Waals surface area contributed by atoms with Gasteiger partial charge < -0.3 is 19.9 Å². The number of methoxy groups -OCH3 is 1. The molecule has 0 aromatic heterocycles. The summed E-state index contributed by atoms with van der Waals surface area (Å²) >= 11 is 0. The van der Waals surface area contributed by atoms with Gasteiger partial charge in [0.25, 0.3) is 0 Å². The van der Waals surface area contributed by atoms with Crippen LogP contribution in [0.25, 0.3) is 0 Å². The van der Waals surface area contributed by atoms with Crippen LogP contribution in [0.3, 0.4) is 0 Å². The van der Waals surface area contributed by atoms with Crippen LogP contribution in [-0.4, -0.2) is 38.6 Å². The highest BCUT2D eigenvalue weighted by molar-refractivity contribution is 5.33. The Kier molecular flexibility index (Phi) is 5.25. The summed E-state index contributed by atoms with van der Waals surface area (Å²) in [6.45, 7) is 7.72. The van der Waals surface area contributed by atoms with Crippen LogP contribution in [0.4, 0.5) is 0 Å². The van der Waals surface area contributed by atoms with Gasteiger partial charge in [-0.15, -0.1) is 0 Å². The molecule has 2 N–H and O–H groups in total. The smallest absolute Gasteiger partial charge is 0.128 e. The molecule has 1 aromatic carbocycles. The third-order valence-corrected chi connectivity index (χ3v) is 3.88. The molecule has 4 nitrogen and oxygen atoms in total. The lowest BCUT2D eigenvalue weighted by atomic mass is 9.85. The van der Waals surface area contributed by atoms with Crippen molar-refractivity contribution in [1.29, 1.82) is 0 Å². The Labute approximate surface area is 127 Å². The third-order valence-electron chi connectivity index (χ3n) is 3.88. The molecule has 0 amide bonds. The molecule has 1 aromatic rings. The van der Waals surface area contributed by atoms with Gasteiger partial charge in [-0.3, -0.25) is 0 Å². The average molecular weight is 293 g/mol. The molecule has 0 bridgehead atoms. The number of hydrogen-bond donors (Lipinski definition) is 1. The zero-order valence-corrected chi connectivity index (χ0v) is 13.5. The molecular weight excluding hydrogens is 266 g/mol. The van der Waals surface area contributed by atoms with Crippen LogP contribution < -0.4 is 10.5 Å². The first-order valence-corrected chi connectivity index (χ1v) is 7.55. The second-order valence-electron chi connectivity index (χ2n) is 6.66. The van der Waals surface area contributed by atoms with Crippen molar-refractivity contribution in [3.63, 3.8) is 0 Å². The quantitative estimate of drug-likeness (QED) is 0.819. The normalized spacial score (nSPS) is 25.5. The van der Waals surface area contributed by atoms with Crippen molar-refractivity contribution >= 4 is 0 Å². The second kappa shape index (κ2) is 6.77. The number of hydrogen-bond acceptors (Lipinski definition) is 4. The predicted molar refractivity (Wildman–Crippen MR) is 83.8 cm³/mol. The Bertz CT molecular complexity index is 456. The van der Waals surface area contributed by atoms with E-state index in [1.54, 1.807) is 7.11 Å². The van der Waals surface area contributed by atoms with E-state index >= 15 is 0 Å². The maximum Gasteiger partial charge on any atom is 0.128 e. The fraction of sp³-hybridized carbons (Fsp3) is 0.647. The average Bonchev–Trinajstić information content (AvgIpc) is 2.42. The largest absolute Gasteiger partial charge is 0.488 e. The minimum absolute atomic E-state index is 0.0343. The molecule has 0 saturated heterocycles. The second-order valence-corrected chi connectivity index (χ2v) is 6.66. The van der Waals surface area contributed by atoms with Gasteiger partial charge in [0.15, 0.2) is 0 Å². The van der Waals surface area contributed by atoms with Crippen LogP contribution in [-0.2, 0) is 14.9 Å². The molecule has 0 radical (unpaired) electrons. The summed E-state index contributed by atoms with van der Waals surface area (Å²) in [5, 5.41) is 0. The topological polar surface area (TPSA) is 53.7 Å². The van der Waals surface area contributed by atoms with Crippen molar-refractivity contribution in [2.45, 2.75) is 50.9 Å². The highest BCUT2D eigenvalue weighted by Crippen LogP contribution is 2.30. The zero-order chi connectivity index (χ0) is 15.5. The lowest BCUT2D eigenvalue weighted by Crippen LogP contribution is -2.59. The first-order valence-electron chi connectivity index (χ1n) is 7.55. The first-order chi connectivity index (χ1) is 9.91. The minimum atomic E-state index is -0.0431. The van der Waals surface area contributed by atoms with Crippen molar-refractivity contribution in [3.8, 4) is 5.75 Å². The van der Waals surface area contributed by atoms with Crippen molar-refractivity contribution in [2.24, 2.45) is 5.73 Å². The maximum absolute atomic E-state index is 6.05. The molecular formula is C17H27NO3. The zero-order valence-electron chi connectivity index (χ0n) is 13.5. The maximum atomic E-state index is 6.05. The molecule has 3 atom stereocenters. The summed E-state index contributed by atoms with van der Waals surface area (Å²) in [5.41, 5.74) is 7.38. The Morgan fingerprint density at radius 1 is 1.24 bits per heavy atom. The Balaban J connectivity index is 1.95. The Morgan fingerprint density at radius 3 is 2.62 bits per heavy atom. The van der Waals surface area contributed by atoms with E-state index in [0.717, 1.165) is 12.2 Å². The molecule has 0 heterocycles. The standard InChI is InChI=1S/C17H27NO3/c1-17(2,3)12-6-5-7-13(10-12)21-15-11-14(18)16(15)20-9-8-19-4/h5-7,10,14-16H,8-9,11,18H2,1-4H3. The first kappa shape index (κ1) is 16.3. The van der Waals surface area contributed by atoms with Gasteiger partial charge in [-0.25, -0.2) is 0 Å². The summed E-state index contributed by atoms with van der Waals surface area (Å²) in [5.74, 6) is 0.889. The van der Waals surface area contributed by atoms with Gasteiger partial charge in [-0.1, -0.05) is 32.9 Å². The van der Waals surface area contributed by atoms with Crippen LogP contribution in [0.2, 0.25) is 0 Å². The number of benzene rings is 1. The number of nitrogens with two attached hydrogens (primary N) is 1. The number of ether oxygens (including phenoxy) is 3. The monoisotopic (exact) mass is 293 g/mol. The summed E-state index contributed by atoms with van der Waals surface area (Å²) in [6.07, 6.45) is 0.822.